The molecule has 2 heterocycles. The molecule has 2 aromatic rings. The number of carbonyl (C=O) groups excluding carboxylic acids is 1. The summed E-state index contributed by atoms with van der Waals surface area (Å²) in [7, 11) is 0. The number of nitrogens with one attached hydrogen (secondary N) is 1. The second-order valence-corrected chi connectivity index (χ2v) is 8.93. The summed E-state index contributed by atoms with van der Waals surface area (Å²) in [6.45, 7) is 6.79. The van der Waals surface area contributed by atoms with Crippen LogP contribution in [0.25, 0.3) is 0 Å². The van der Waals surface area contributed by atoms with Crippen molar-refractivity contribution in [3.8, 4) is 0 Å². The molecule has 0 radical (unpaired) electrons. The molecule has 1 aromatic heterocycles. The number of rotatable bonds is 5. The highest BCUT2D eigenvalue weighted by atomic mass is 35.5. The number of amides is 1. The van der Waals surface area contributed by atoms with Gasteiger partial charge in [0, 0.05) is 30.0 Å². The number of halogens is 1. The third-order valence-corrected chi connectivity index (χ3v) is 6.29. The molecule has 0 spiro atoms. The Morgan fingerprint density at radius 1 is 1.30 bits per heavy atom. The molecule has 1 saturated heterocycles. The molecule has 4 rings (SSSR count). The minimum atomic E-state index is -0.425. The quantitative estimate of drug-likeness (QED) is 0.814. The van der Waals surface area contributed by atoms with E-state index in [0.29, 0.717) is 10.2 Å². The number of morpholine rings is 1. The molecular weight excluding hydrogens is 382 g/mol. The third-order valence-electron chi connectivity index (χ3n) is 5.23. The van der Waals surface area contributed by atoms with Gasteiger partial charge in [-0.15, -0.1) is 11.3 Å². The van der Waals surface area contributed by atoms with Crippen molar-refractivity contribution >= 4 is 34.0 Å². The summed E-state index contributed by atoms with van der Waals surface area (Å²) in [4.78, 5) is 19.8. The smallest absolute Gasteiger partial charge is 0.236 e. The second-order valence-electron chi connectivity index (χ2n) is 7.64. The van der Waals surface area contributed by atoms with Crippen LogP contribution >= 0.6 is 22.9 Å². The first-order chi connectivity index (χ1) is 12.9. The summed E-state index contributed by atoms with van der Waals surface area (Å²) in [5.74, 6) is 0.0272. The molecule has 7 heteroatoms. The lowest BCUT2D eigenvalue weighted by molar-refractivity contribution is -0.118. The number of hydrogen-bond donors (Lipinski definition) is 1. The van der Waals surface area contributed by atoms with Gasteiger partial charge >= 0.3 is 0 Å². The summed E-state index contributed by atoms with van der Waals surface area (Å²) >= 11 is 7.46. The topological polar surface area (TPSA) is 54.5 Å². The Morgan fingerprint density at radius 3 is 2.59 bits per heavy atom. The fourth-order valence-corrected chi connectivity index (χ4v) is 4.66. The molecule has 2 fully saturated rings. The van der Waals surface area contributed by atoms with Crippen LogP contribution in [0, 0.1) is 0 Å². The van der Waals surface area contributed by atoms with Crippen LogP contribution in [0.3, 0.4) is 0 Å². The molecule has 5 nitrogen and oxygen atoms in total. The monoisotopic (exact) mass is 405 g/mol. The van der Waals surface area contributed by atoms with Crippen LogP contribution in [0.2, 0.25) is 5.02 Å². The first kappa shape index (κ1) is 18.9. The van der Waals surface area contributed by atoms with Crippen LogP contribution in [0.4, 0.5) is 5.13 Å². The number of anilines is 1. The van der Waals surface area contributed by atoms with Crippen molar-refractivity contribution in [2.24, 2.45) is 0 Å². The fourth-order valence-electron chi connectivity index (χ4n) is 3.84. The summed E-state index contributed by atoms with van der Waals surface area (Å²) in [5.41, 5.74) is 1.59. The molecule has 0 bridgehead atoms. The highest BCUT2D eigenvalue weighted by Crippen LogP contribution is 2.49. The second kappa shape index (κ2) is 7.51. The van der Waals surface area contributed by atoms with Gasteiger partial charge in [-0.2, -0.15) is 0 Å². The molecule has 1 N–H and O–H groups in total. The number of hydrogen-bond acceptors (Lipinski definition) is 5. The van der Waals surface area contributed by atoms with Gasteiger partial charge in [0.15, 0.2) is 5.13 Å². The highest BCUT2D eigenvalue weighted by molar-refractivity contribution is 7.13. The fraction of sp³-hybridized carbons (Fsp3) is 0.500. The van der Waals surface area contributed by atoms with Crippen molar-refractivity contribution in [3.05, 3.63) is 45.9 Å². The van der Waals surface area contributed by atoms with E-state index in [2.05, 4.69) is 29.0 Å². The lowest BCUT2D eigenvalue weighted by atomic mass is 9.95. The van der Waals surface area contributed by atoms with Crippen molar-refractivity contribution in [1.82, 2.24) is 9.88 Å². The van der Waals surface area contributed by atoms with Crippen LogP contribution in [0.5, 0.6) is 0 Å². The van der Waals surface area contributed by atoms with E-state index in [1.165, 1.54) is 11.3 Å². The number of benzene rings is 1. The molecule has 2 aliphatic rings. The zero-order valence-corrected chi connectivity index (χ0v) is 17.1. The Kier molecular flexibility index (Phi) is 5.25. The van der Waals surface area contributed by atoms with Gasteiger partial charge in [0.25, 0.3) is 0 Å². The van der Waals surface area contributed by atoms with Gasteiger partial charge in [0.2, 0.25) is 5.91 Å². The van der Waals surface area contributed by atoms with E-state index in [1.54, 1.807) is 0 Å². The lowest BCUT2D eigenvalue weighted by Crippen LogP contribution is -2.44. The molecule has 1 aliphatic carbocycles. The molecule has 1 saturated carbocycles. The minimum Gasteiger partial charge on any atom is -0.373 e. The van der Waals surface area contributed by atoms with E-state index in [9.17, 15) is 4.79 Å². The minimum absolute atomic E-state index is 0.0272. The Hall–Kier alpha value is -1.47. The Labute approximate surface area is 168 Å². The molecule has 1 amide bonds. The normalized spacial score (nSPS) is 24.6. The van der Waals surface area contributed by atoms with Crippen LogP contribution < -0.4 is 5.32 Å². The van der Waals surface area contributed by atoms with Gasteiger partial charge in [0.1, 0.15) is 0 Å². The maximum Gasteiger partial charge on any atom is 0.236 e. The van der Waals surface area contributed by atoms with Gasteiger partial charge < -0.3 is 10.1 Å². The predicted octanol–water partition coefficient (Wildman–Crippen LogP) is 4.08. The van der Waals surface area contributed by atoms with E-state index in [-0.39, 0.29) is 18.1 Å². The molecule has 2 unspecified atom stereocenters. The van der Waals surface area contributed by atoms with E-state index < -0.39 is 5.41 Å². The van der Waals surface area contributed by atoms with Crippen LogP contribution in [0.1, 0.15) is 37.9 Å². The van der Waals surface area contributed by atoms with Crippen LogP contribution in [-0.4, -0.2) is 41.1 Å². The van der Waals surface area contributed by atoms with Gasteiger partial charge in [-0.1, -0.05) is 23.7 Å². The summed E-state index contributed by atoms with van der Waals surface area (Å²) in [6.07, 6.45) is 2.20. The summed E-state index contributed by atoms with van der Waals surface area (Å²) in [5, 5.41) is 6.41. The number of ether oxygens (including phenoxy) is 1. The van der Waals surface area contributed by atoms with Crippen molar-refractivity contribution in [2.75, 3.05) is 18.4 Å². The molecule has 144 valence electrons. The molecule has 2 atom stereocenters. The van der Waals surface area contributed by atoms with Crippen molar-refractivity contribution in [1.29, 1.82) is 0 Å². The van der Waals surface area contributed by atoms with E-state index in [1.807, 2.05) is 29.6 Å². The van der Waals surface area contributed by atoms with Crippen LogP contribution in [0.15, 0.2) is 29.6 Å². The van der Waals surface area contributed by atoms with Gasteiger partial charge in [-0.05, 0) is 44.4 Å². The Bertz CT molecular complexity index is 809. The summed E-state index contributed by atoms with van der Waals surface area (Å²) in [6, 6.07) is 7.58. The van der Waals surface area contributed by atoms with Gasteiger partial charge in [0.05, 0.1) is 23.3 Å². The number of aromatic nitrogens is 1. The molecule has 1 aliphatic heterocycles. The van der Waals surface area contributed by atoms with Gasteiger partial charge in [-0.3, -0.25) is 9.69 Å². The molecular formula is C20H24ClN3O2S. The maximum absolute atomic E-state index is 12.9. The third kappa shape index (κ3) is 4.19. The predicted molar refractivity (Wildman–Crippen MR) is 108 cm³/mol. The number of nitrogens with zero attached hydrogens (tertiary/aromatic N) is 2. The van der Waals surface area contributed by atoms with Crippen molar-refractivity contribution in [3.63, 3.8) is 0 Å². The summed E-state index contributed by atoms with van der Waals surface area (Å²) < 4.78 is 5.78. The zero-order chi connectivity index (χ0) is 19.0. The van der Waals surface area contributed by atoms with E-state index in [4.69, 9.17) is 16.3 Å². The SMILES string of the molecule is CC1CN(Cc2csc(NC(=O)C3(c4ccc(Cl)cc4)CC3)n2)CC(C)O1. The average molecular weight is 406 g/mol. The first-order valence-corrected chi connectivity index (χ1v) is 10.6. The van der Waals surface area contributed by atoms with Crippen LogP contribution in [-0.2, 0) is 21.5 Å². The average Bonchev–Trinajstić information content (AvgIpc) is 3.31. The Morgan fingerprint density at radius 2 is 1.96 bits per heavy atom. The van der Waals surface area contributed by atoms with E-state index in [0.717, 1.165) is 43.7 Å². The van der Waals surface area contributed by atoms with Crippen molar-refractivity contribution < 1.29 is 9.53 Å². The number of carbonyl (C=O) groups is 1. The largest absolute Gasteiger partial charge is 0.373 e. The zero-order valence-electron chi connectivity index (χ0n) is 15.6. The van der Waals surface area contributed by atoms with E-state index >= 15 is 0 Å². The number of thiazole rings is 1. The molecule has 27 heavy (non-hydrogen) atoms. The standard InChI is InChI=1S/C20H24ClN3O2S/c1-13-9-24(10-14(2)26-13)11-17-12-27-19(22-17)23-18(25)20(7-8-20)15-3-5-16(21)6-4-15/h3-6,12-14H,7-11H2,1-2H3,(H,22,23,25). The molecule has 1 aromatic carbocycles. The lowest BCUT2D eigenvalue weighted by Gasteiger charge is -2.34. The maximum atomic E-state index is 12.9. The van der Waals surface area contributed by atoms with Gasteiger partial charge in [-0.25, -0.2) is 4.98 Å². The highest BCUT2D eigenvalue weighted by Gasteiger charge is 2.51. The Balaban J connectivity index is 1.39. The van der Waals surface area contributed by atoms with Crippen molar-refractivity contribution in [2.45, 2.75) is 50.9 Å². The first-order valence-electron chi connectivity index (χ1n) is 9.34.